The van der Waals surface area contributed by atoms with E-state index in [1.165, 1.54) is 6.07 Å². The summed E-state index contributed by atoms with van der Waals surface area (Å²) < 4.78 is 49.6. The van der Waals surface area contributed by atoms with E-state index in [0.717, 1.165) is 6.26 Å². The van der Waals surface area contributed by atoms with E-state index in [1.807, 2.05) is 0 Å². The van der Waals surface area contributed by atoms with E-state index in [-0.39, 0.29) is 24.3 Å². The molecule has 0 unspecified atom stereocenters. The second kappa shape index (κ2) is 3.99. The van der Waals surface area contributed by atoms with Crippen molar-refractivity contribution in [2.75, 3.05) is 12.8 Å². The molecular weight excluding hydrogens is 260 g/mol. The van der Waals surface area contributed by atoms with Crippen LogP contribution in [-0.2, 0) is 15.3 Å². The Balaban J connectivity index is 2.52. The molecule has 2 rings (SSSR count). The van der Waals surface area contributed by atoms with Crippen LogP contribution in [0.15, 0.2) is 29.2 Å². The lowest BCUT2D eigenvalue weighted by atomic mass is 9.62. The predicted octanol–water partition coefficient (Wildman–Crippen LogP) is 1.72. The van der Waals surface area contributed by atoms with Gasteiger partial charge in [-0.15, -0.1) is 0 Å². The second-order valence-corrected chi connectivity index (χ2v) is 6.95. The first kappa shape index (κ1) is 13.4. The lowest BCUT2D eigenvalue weighted by Crippen LogP contribution is -2.54. The van der Waals surface area contributed by atoms with E-state index in [9.17, 15) is 17.2 Å². The van der Waals surface area contributed by atoms with Crippen LogP contribution < -0.4 is 5.73 Å². The summed E-state index contributed by atoms with van der Waals surface area (Å²) in [6, 6.07) is 6.26. The van der Waals surface area contributed by atoms with Crippen LogP contribution in [0.4, 0.5) is 8.78 Å². The Kier molecular flexibility index (Phi) is 2.98. The lowest BCUT2D eigenvalue weighted by molar-refractivity contribution is -0.124. The van der Waals surface area contributed by atoms with Gasteiger partial charge >= 0.3 is 0 Å². The number of hydrogen-bond donors (Lipinski definition) is 1. The van der Waals surface area contributed by atoms with E-state index in [0.29, 0.717) is 5.56 Å². The Bertz CT molecular complexity index is 561. The number of halogens is 2. The standard InChI is InChI=1S/C12H15F2NO2S/c1-18(16,17)10-5-3-2-4-9(10)11(8-15)6-12(13,14)7-11/h2-5H,6-8,15H2,1H3. The topological polar surface area (TPSA) is 60.2 Å². The molecule has 0 amide bonds. The van der Waals surface area contributed by atoms with Gasteiger partial charge < -0.3 is 5.73 Å². The van der Waals surface area contributed by atoms with Gasteiger partial charge in [0.2, 0.25) is 5.92 Å². The average Bonchev–Trinajstić information content (AvgIpc) is 2.24. The summed E-state index contributed by atoms with van der Waals surface area (Å²) in [5, 5.41) is 0. The molecule has 6 heteroatoms. The van der Waals surface area contributed by atoms with Crippen LogP contribution in [0.1, 0.15) is 18.4 Å². The van der Waals surface area contributed by atoms with Crippen molar-refractivity contribution in [3.05, 3.63) is 29.8 Å². The van der Waals surface area contributed by atoms with Crippen LogP contribution in [0.25, 0.3) is 0 Å². The van der Waals surface area contributed by atoms with Gasteiger partial charge in [-0.05, 0) is 11.6 Å². The van der Waals surface area contributed by atoms with Crippen LogP contribution in [0.5, 0.6) is 0 Å². The number of hydrogen-bond acceptors (Lipinski definition) is 3. The summed E-state index contributed by atoms with van der Waals surface area (Å²) >= 11 is 0. The minimum absolute atomic E-state index is 0.0229. The molecular formula is C12H15F2NO2S. The SMILES string of the molecule is CS(=O)(=O)c1ccccc1C1(CN)CC(F)(F)C1. The zero-order chi connectivity index (χ0) is 13.6. The molecule has 100 valence electrons. The Morgan fingerprint density at radius 1 is 1.28 bits per heavy atom. The van der Waals surface area contributed by atoms with Crippen LogP contribution in [0, 0.1) is 0 Å². The first-order valence-corrected chi connectivity index (χ1v) is 7.47. The Labute approximate surface area is 105 Å². The Morgan fingerprint density at radius 2 is 1.83 bits per heavy atom. The molecule has 0 aliphatic heterocycles. The number of sulfone groups is 1. The van der Waals surface area contributed by atoms with Crippen molar-refractivity contribution >= 4 is 9.84 Å². The smallest absolute Gasteiger partial charge is 0.250 e. The lowest BCUT2D eigenvalue weighted by Gasteiger charge is -2.47. The largest absolute Gasteiger partial charge is 0.330 e. The highest BCUT2D eigenvalue weighted by Crippen LogP contribution is 2.53. The number of rotatable bonds is 3. The van der Waals surface area contributed by atoms with Crippen LogP contribution in [0.2, 0.25) is 0 Å². The maximum atomic E-state index is 13.1. The summed E-state index contributed by atoms with van der Waals surface area (Å²) in [6.07, 6.45) is 0.304. The fraction of sp³-hybridized carbons (Fsp3) is 0.500. The van der Waals surface area contributed by atoms with Crippen molar-refractivity contribution in [1.82, 2.24) is 0 Å². The molecule has 1 fully saturated rings. The van der Waals surface area contributed by atoms with Gasteiger partial charge in [-0.2, -0.15) is 0 Å². The van der Waals surface area contributed by atoms with Crippen LogP contribution in [-0.4, -0.2) is 27.1 Å². The van der Waals surface area contributed by atoms with Gasteiger partial charge in [0.25, 0.3) is 0 Å². The van der Waals surface area contributed by atoms with Crippen molar-refractivity contribution in [2.24, 2.45) is 5.73 Å². The Morgan fingerprint density at radius 3 is 2.28 bits per heavy atom. The highest BCUT2D eigenvalue weighted by molar-refractivity contribution is 7.90. The fourth-order valence-corrected chi connectivity index (χ4v) is 3.62. The molecule has 1 aromatic carbocycles. The van der Waals surface area contributed by atoms with Gasteiger partial charge in [0.1, 0.15) is 0 Å². The maximum absolute atomic E-state index is 13.1. The van der Waals surface area contributed by atoms with Crippen molar-refractivity contribution in [1.29, 1.82) is 0 Å². The van der Waals surface area contributed by atoms with Gasteiger partial charge in [-0.25, -0.2) is 17.2 Å². The van der Waals surface area contributed by atoms with Crippen LogP contribution >= 0.6 is 0 Å². The van der Waals surface area contributed by atoms with E-state index >= 15 is 0 Å². The first-order chi connectivity index (χ1) is 8.20. The minimum atomic E-state index is -3.44. The zero-order valence-corrected chi connectivity index (χ0v) is 10.8. The number of alkyl halides is 2. The van der Waals surface area contributed by atoms with Gasteiger partial charge in [0.05, 0.1) is 4.90 Å². The fourth-order valence-electron chi connectivity index (χ4n) is 2.61. The van der Waals surface area contributed by atoms with E-state index < -0.39 is 21.2 Å². The third kappa shape index (κ3) is 2.14. The molecule has 0 radical (unpaired) electrons. The summed E-state index contributed by atoms with van der Waals surface area (Å²) in [5.74, 6) is -2.75. The quantitative estimate of drug-likeness (QED) is 0.913. The van der Waals surface area contributed by atoms with E-state index in [1.54, 1.807) is 18.2 Å². The molecule has 1 saturated carbocycles. The molecule has 2 N–H and O–H groups in total. The van der Waals surface area contributed by atoms with E-state index in [2.05, 4.69) is 0 Å². The van der Waals surface area contributed by atoms with Gasteiger partial charge in [0, 0.05) is 31.1 Å². The monoisotopic (exact) mass is 275 g/mol. The summed E-state index contributed by atoms with van der Waals surface area (Å²) in [6.45, 7) is 0.0229. The highest BCUT2D eigenvalue weighted by Gasteiger charge is 2.57. The molecule has 18 heavy (non-hydrogen) atoms. The molecule has 3 nitrogen and oxygen atoms in total. The number of benzene rings is 1. The molecule has 0 bridgehead atoms. The van der Waals surface area contributed by atoms with Gasteiger partial charge in [-0.3, -0.25) is 0 Å². The van der Waals surface area contributed by atoms with Crippen LogP contribution in [0.3, 0.4) is 0 Å². The molecule has 0 heterocycles. The summed E-state index contributed by atoms with van der Waals surface area (Å²) in [5.41, 5.74) is 5.11. The van der Waals surface area contributed by atoms with Crippen molar-refractivity contribution in [3.63, 3.8) is 0 Å². The highest BCUT2D eigenvalue weighted by atomic mass is 32.2. The number of nitrogens with two attached hydrogens (primary N) is 1. The normalized spacial score (nSPS) is 21.3. The predicted molar refractivity (Wildman–Crippen MR) is 64.5 cm³/mol. The molecule has 1 aliphatic rings. The average molecular weight is 275 g/mol. The third-order valence-electron chi connectivity index (χ3n) is 3.44. The molecule has 1 aromatic rings. The third-order valence-corrected chi connectivity index (χ3v) is 4.60. The Hall–Kier alpha value is -1.01. The first-order valence-electron chi connectivity index (χ1n) is 5.58. The molecule has 1 aliphatic carbocycles. The second-order valence-electron chi connectivity index (χ2n) is 4.96. The molecule has 0 aromatic heterocycles. The summed E-state index contributed by atoms with van der Waals surface area (Å²) in [4.78, 5) is 0.103. The van der Waals surface area contributed by atoms with Crippen molar-refractivity contribution in [3.8, 4) is 0 Å². The van der Waals surface area contributed by atoms with Gasteiger partial charge in [-0.1, -0.05) is 18.2 Å². The zero-order valence-electron chi connectivity index (χ0n) is 9.99. The van der Waals surface area contributed by atoms with Crippen molar-refractivity contribution in [2.45, 2.75) is 29.1 Å². The molecule has 0 saturated heterocycles. The van der Waals surface area contributed by atoms with E-state index in [4.69, 9.17) is 5.73 Å². The molecule has 0 atom stereocenters. The maximum Gasteiger partial charge on any atom is 0.250 e. The molecule has 0 spiro atoms. The van der Waals surface area contributed by atoms with Crippen molar-refractivity contribution < 1.29 is 17.2 Å². The summed E-state index contributed by atoms with van der Waals surface area (Å²) in [7, 11) is -3.44. The minimum Gasteiger partial charge on any atom is -0.330 e. The van der Waals surface area contributed by atoms with Gasteiger partial charge in [0.15, 0.2) is 9.84 Å².